The Balaban J connectivity index is 1.11. The Morgan fingerprint density at radius 3 is 2.53 bits per heavy atom. The summed E-state index contributed by atoms with van der Waals surface area (Å²) in [6, 6.07) is 11.3. The standard InChI is InChI=1S/C41H48F3N7O8/c42-29-6-7-31(43)30(18-29)33-23-48(21-26-4-2-1-3-5-26)39(47-33)38(27-10-14-57-15-11-27)51(22-28-19-45-20-32(28)44)41(56)49-24-34(52)35(25-49)59-40(55)46-12-16-58-17-13-50-36(53)8-9-37(50)54/h1-9,18,23,27-28,32,34-35,38,45,52H,10-17,19-22,24-25H2,(H,46,55). The molecule has 2 aromatic carbocycles. The summed E-state index contributed by atoms with van der Waals surface area (Å²) in [6.45, 7) is 1.37. The third kappa shape index (κ3) is 10.1. The highest BCUT2D eigenvalue weighted by Crippen LogP contribution is 2.39. The lowest BCUT2D eigenvalue weighted by molar-refractivity contribution is -0.137. The van der Waals surface area contributed by atoms with Gasteiger partial charge in [-0.1, -0.05) is 30.3 Å². The molecule has 5 amide bonds. The Bertz CT molecular complexity index is 1980. The molecular formula is C41H48F3N7O8. The molecule has 3 fully saturated rings. The second-order valence-electron chi connectivity index (χ2n) is 15.1. The van der Waals surface area contributed by atoms with Crippen LogP contribution >= 0.6 is 0 Å². The van der Waals surface area contributed by atoms with Crippen molar-refractivity contribution in [1.29, 1.82) is 0 Å². The van der Waals surface area contributed by atoms with Gasteiger partial charge in [-0.3, -0.25) is 14.5 Å². The molecule has 59 heavy (non-hydrogen) atoms. The Labute approximate surface area is 339 Å². The van der Waals surface area contributed by atoms with Gasteiger partial charge in [-0.25, -0.2) is 27.7 Å². The Hall–Kier alpha value is -5.30. The zero-order chi connectivity index (χ0) is 41.5. The van der Waals surface area contributed by atoms with E-state index in [1.165, 1.54) is 17.1 Å². The van der Waals surface area contributed by atoms with Crippen LogP contribution in [-0.2, 0) is 30.3 Å². The number of aromatic nitrogens is 2. The van der Waals surface area contributed by atoms with Crippen molar-refractivity contribution in [1.82, 2.24) is 34.9 Å². The number of carbonyl (C=O) groups excluding carboxylic acids is 4. The van der Waals surface area contributed by atoms with E-state index >= 15 is 8.78 Å². The smallest absolute Gasteiger partial charge is 0.407 e. The van der Waals surface area contributed by atoms with Gasteiger partial charge in [-0.15, -0.1) is 0 Å². The molecule has 0 saturated carbocycles. The average molecular weight is 824 g/mol. The maximum Gasteiger partial charge on any atom is 0.407 e. The minimum Gasteiger partial charge on any atom is -0.442 e. The molecule has 5 heterocycles. The van der Waals surface area contributed by atoms with E-state index in [0.29, 0.717) is 38.4 Å². The lowest BCUT2D eigenvalue weighted by Crippen LogP contribution is -2.50. The van der Waals surface area contributed by atoms with Crippen molar-refractivity contribution in [3.63, 3.8) is 0 Å². The molecule has 0 spiro atoms. The zero-order valence-corrected chi connectivity index (χ0v) is 32.4. The molecule has 3 saturated heterocycles. The van der Waals surface area contributed by atoms with Crippen LogP contribution in [0.4, 0.5) is 22.8 Å². The van der Waals surface area contributed by atoms with Gasteiger partial charge in [0.25, 0.3) is 11.8 Å². The van der Waals surface area contributed by atoms with Crippen LogP contribution in [0.2, 0.25) is 0 Å². The molecule has 15 nitrogen and oxygen atoms in total. The molecule has 4 aliphatic heterocycles. The van der Waals surface area contributed by atoms with Gasteiger partial charge in [0.05, 0.1) is 44.6 Å². The Kier molecular flexibility index (Phi) is 13.6. The lowest BCUT2D eigenvalue weighted by atomic mass is 9.89. The van der Waals surface area contributed by atoms with Gasteiger partial charge >= 0.3 is 12.1 Å². The summed E-state index contributed by atoms with van der Waals surface area (Å²) in [7, 11) is 0. The number of alkyl carbamates (subject to hydrolysis) is 1. The van der Waals surface area contributed by atoms with E-state index < -0.39 is 65.9 Å². The molecule has 3 N–H and O–H groups in total. The Morgan fingerprint density at radius 2 is 1.80 bits per heavy atom. The highest BCUT2D eigenvalue weighted by molar-refractivity contribution is 6.12. The summed E-state index contributed by atoms with van der Waals surface area (Å²) >= 11 is 0. The fraction of sp³-hybridized carbons (Fsp3) is 0.488. The molecule has 316 valence electrons. The summed E-state index contributed by atoms with van der Waals surface area (Å²) in [4.78, 5) is 60.0. The number of ether oxygens (including phenoxy) is 3. The molecule has 5 atom stereocenters. The maximum absolute atomic E-state index is 15.4. The van der Waals surface area contributed by atoms with Crippen molar-refractivity contribution < 1.29 is 51.7 Å². The largest absolute Gasteiger partial charge is 0.442 e. The first-order valence-electron chi connectivity index (χ1n) is 19.8. The van der Waals surface area contributed by atoms with E-state index in [1.54, 1.807) is 11.1 Å². The molecule has 18 heteroatoms. The third-order valence-corrected chi connectivity index (χ3v) is 11.1. The van der Waals surface area contributed by atoms with Crippen LogP contribution in [0.1, 0.15) is 30.3 Å². The molecule has 4 aliphatic rings. The summed E-state index contributed by atoms with van der Waals surface area (Å²) in [6.07, 6.45) is 0.628. The number of benzene rings is 2. The van der Waals surface area contributed by atoms with Crippen LogP contribution in [0.15, 0.2) is 66.9 Å². The summed E-state index contributed by atoms with van der Waals surface area (Å²) in [5, 5.41) is 16.7. The number of aliphatic hydroxyl groups is 1. The highest BCUT2D eigenvalue weighted by atomic mass is 19.1. The van der Waals surface area contributed by atoms with Gasteiger partial charge in [-0.2, -0.15) is 0 Å². The molecule has 7 rings (SSSR count). The second-order valence-corrected chi connectivity index (χ2v) is 15.1. The van der Waals surface area contributed by atoms with Crippen molar-refractivity contribution in [3.05, 3.63) is 89.9 Å². The number of aliphatic hydroxyl groups excluding tert-OH is 1. The van der Waals surface area contributed by atoms with Crippen LogP contribution < -0.4 is 10.6 Å². The number of amides is 5. The lowest BCUT2D eigenvalue weighted by Gasteiger charge is -2.41. The van der Waals surface area contributed by atoms with Crippen LogP contribution in [0.3, 0.4) is 0 Å². The van der Waals surface area contributed by atoms with E-state index in [2.05, 4.69) is 10.6 Å². The highest BCUT2D eigenvalue weighted by Gasteiger charge is 2.45. The predicted molar refractivity (Wildman–Crippen MR) is 205 cm³/mol. The number of hydrogen-bond donors (Lipinski definition) is 3. The fourth-order valence-electron chi connectivity index (χ4n) is 8.00. The van der Waals surface area contributed by atoms with Gasteiger partial charge in [-0.05, 0) is 42.5 Å². The van der Waals surface area contributed by atoms with E-state index in [-0.39, 0.29) is 76.2 Å². The third-order valence-electron chi connectivity index (χ3n) is 11.1. The monoisotopic (exact) mass is 823 g/mol. The van der Waals surface area contributed by atoms with E-state index in [4.69, 9.17) is 19.2 Å². The maximum atomic E-state index is 15.4. The summed E-state index contributed by atoms with van der Waals surface area (Å²) in [5.74, 6) is -2.58. The van der Waals surface area contributed by atoms with Crippen molar-refractivity contribution >= 4 is 23.9 Å². The van der Waals surface area contributed by atoms with Crippen LogP contribution in [0.5, 0.6) is 0 Å². The first kappa shape index (κ1) is 41.8. The normalized spacial score (nSPS) is 22.6. The first-order chi connectivity index (χ1) is 28.5. The summed E-state index contributed by atoms with van der Waals surface area (Å²) in [5.41, 5.74) is 1.01. The number of likely N-dealkylation sites (tertiary alicyclic amines) is 1. The summed E-state index contributed by atoms with van der Waals surface area (Å²) < 4.78 is 63.8. The van der Waals surface area contributed by atoms with Gasteiger partial charge < -0.3 is 44.3 Å². The molecule has 0 aliphatic carbocycles. The average Bonchev–Trinajstić information content (AvgIpc) is 4.01. The second kappa shape index (κ2) is 19.2. The van der Waals surface area contributed by atoms with Crippen LogP contribution in [0.25, 0.3) is 11.3 Å². The number of carbonyl (C=O) groups is 4. The zero-order valence-electron chi connectivity index (χ0n) is 32.4. The van der Waals surface area contributed by atoms with Gasteiger partial charge in [0.1, 0.15) is 35.8 Å². The van der Waals surface area contributed by atoms with Gasteiger partial charge in [0.15, 0.2) is 0 Å². The minimum absolute atomic E-state index is 0.0217. The van der Waals surface area contributed by atoms with Crippen LogP contribution in [-0.4, -0.2) is 144 Å². The number of imidazole rings is 1. The Morgan fingerprint density at radius 1 is 1.03 bits per heavy atom. The number of nitrogens with zero attached hydrogens (tertiary/aromatic N) is 5. The van der Waals surface area contributed by atoms with Crippen molar-refractivity contribution in [2.45, 2.75) is 43.8 Å². The van der Waals surface area contributed by atoms with Crippen molar-refractivity contribution in [2.24, 2.45) is 11.8 Å². The van der Waals surface area contributed by atoms with E-state index in [1.807, 2.05) is 34.9 Å². The van der Waals surface area contributed by atoms with Crippen molar-refractivity contribution in [3.8, 4) is 11.3 Å². The van der Waals surface area contributed by atoms with E-state index in [0.717, 1.165) is 28.7 Å². The molecule has 0 radical (unpaired) electrons. The van der Waals surface area contributed by atoms with Gasteiger partial charge in [0, 0.05) is 75.8 Å². The fourth-order valence-corrected chi connectivity index (χ4v) is 8.00. The number of alkyl halides is 1. The molecule has 3 aromatic rings. The topological polar surface area (TPSA) is 168 Å². The predicted octanol–water partition coefficient (Wildman–Crippen LogP) is 3.04. The van der Waals surface area contributed by atoms with Crippen LogP contribution in [0, 0.1) is 23.5 Å². The molecule has 1 aromatic heterocycles. The van der Waals surface area contributed by atoms with Gasteiger partial charge in [0.2, 0.25) is 0 Å². The SMILES string of the molecule is O=C(NCCOCCN1C(=O)C=CC1=O)OC1CN(C(=O)N(CC2CNCC2F)C(c2nc(-c3cc(F)ccc3F)cn2Cc2ccccc2)C2CCOCC2)CC1O. The minimum atomic E-state index is -1.25. The first-order valence-corrected chi connectivity index (χ1v) is 19.8. The number of urea groups is 1. The number of nitrogens with one attached hydrogen (secondary N) is 2. The number of imide groups is 1. The molecule has 0 bridgehead atoms. The van der Waals surface area contributed by atoms with E-state index in [9.17, 15) is 28.7 Å². The number of hydrogen-bond acceptors (Lipinski definition) is 10. The number of halogens is 3. The number of rotatable bonds is 15. The van der Waals surface area contributed by atoms with Crippen molar-refractivity contribution in [2.75, 3.05) is 72.2 Å². The number of β-amino-alcohol motifs (C(OH)–C–C–N with tert-alkyl or cyclic N) is 1. The molecular weight excluding hydrogens is 775 g/mol. The quantitative estimate of drug-likeness (QED) is 0.153. The molecule has 5 unspecified atom stereocenters.